The number of nitrogens with zero attached hydrogens (tertiary/aromatic N) is 1. The molecule has 1 aliphatic heterocycles. The molecule has 2 aromatic carbocycles. The van der Waals surface area contributed by atoms with Gasteiger partial charge in [-0.15, -0.1) is 0 Å². The number of carbonyl (C=O) groups is 2. The molecule has 1 aromatic heterocycles. The summed E-state index contributed by atoms with van der Waals surface area (Å²) < 4.78 is 18.2. The Morgan fingerprint density at radius 2 is 2.06 bits per heavy atom. The quantitative estimate of drug-likeness (QED) is 0.444. The first-order valence-corrected chi connectivity index (χ1v) is 11.1. The van der Waals surface area contributed by atoms with E-state index in [4.69, 9.17) is 23.2 Å². The zero-order valence-electron chi connectivity index (χ0n) is 16.5. The second kappa shape index (κ2) is 8.98. The maximum absolute atomic E-state index is 15.1. The van der Waals surface area contributed by atoms with Gasteiger partial charge < -0.3 is 19.9 Å². The topological polar surface area (TPSA) is 77.2 Å². The largest absolute Gasteiger partial charge is 0.358 e. The second-order valence-electron chi connectivity index (χ2n) is 7.29. The van der Waals surface area contributed by atoms with Gasteiger partial charge in [0.05, 0.1) is 31.7 Å². The zero-order valence-corrected chi connectivity index (χ0v) is 18.8. The summed E-state index contributed by atoms with van der Waals surface area (Å²) in [5.41, 5.74) is 1.34. The zero-order chi connectivity index (χ0) is 22.1. The average molecular weight is 481 g/mol. The van der Waals surface area contributed by atoms with Crippen molar-refractivity contribution in [3.05, 3.63) is 58.0 Å². The average Bonchev–Trinajstić information content (AvgIpc) is 3.14. The van der Waals surface area contributed by atoms with Gasteiger partial charge in [-0.2, -0.15) is 0 Å². The number of carbonyl (C=O) groups excluding carboxylic acids is 2. The van der Waals surface area contributed by atoms with Crippen molar-refractivity contribution in [1.82, 2.24) is 15.2 Å². The molecule has 3 N–H and O–H groups in total. The highest BCUT2D eigenvalue weighted by Crippen LogP contribution is 2.36. The lowest BCUT2D eigenvalue weighted by atomic mass is 10.0. The number of H-pyrrole nitrogens is 1. The first-order valence-electron chi connectivity index (χ1n) is 9.56. The summed E-state index contributed by atoms with van der Waals surface area (Å²) >= 11 is 13.4. The molecule has 1 saturated heterocycles. The van der Waals surface area contributed by atoms with Crippen LogP contribution in [0.1, 0.15) is 23.2 Å². The van der Waals surface area contributed by atoms with Crippen molar-refractivity contribution in [2.75, 3.05) is 18.3 Å². The Morgan fingerprint density at radius 1 is 1.26 bits per heavy atom. The summed E-state index contributed by atoms with van der Waals surface area (Å²) in [4.78, 5) is 29.1. The predicted octanol–water partition coefficient (Wildman–Crippen LogP) is 5.08. The number of likely N-dealkylation sites (N-methyl/N-ethyl adjacent to an activating group) is 1. The third-order valence-electron chi connectivity index (χ3n) is 5.18. The highest BCUT2D eigenvalue weighted by atomic mass is 35.5. The van der Waals surface area contributed by atoms with E-state index in [0.29, 0.717) is 46.0 Å². The van der Waals surface area contributed by atoms with Crippen molar-refractivity contribution in [1.29, 1.82) is 0 Å². The first kappa shape index (κ1) is 21.8. The van der Waals surface area contributed by atoms with Crippen LogP contribution in [0.3, 0.4) is 0 Å². The van der Waals surface area contributed by atoms with Crippen LogP contribution in [0.25, 0.3) is 10.9 Å². The molecule has 1 fully saturated rings. The summed E-state index contributed by atoms with van der Waals surface area (Å²) in [7, 11) is 1.69. The number of fused-ring (bicyclic) bond motifs is 1. The summed E-state index contributed by atoms with van der Waals surface area (Å²) in [6.07, 6.45) is 2.54. The maximum atomic E-state index is 15.1. The van der Waals surface area contributed by atoms with Crippen molar-refractivity contribution in [2.45, 2.75) is 23.8 Å². The molecule has 4 rings (SSSR count). The van der Waals surface area contributed by atoms with Crippen molar-refractivity contribution in [2.24, 2.45) is 0 Å². The Morgan fingerprint density at radius 3 is 2.84 bits per heavy atom. The van der Waals surface area contributed by atoms with Gasteiger partial charge in [0, 0.05) is 37.6 Å². The summed E-state index contributed by atoms with van der Waals surface area (Å²) in [5.74, 6) is -1.08. The van der Waals surface area contributed by atoms with E-state index in [1.807, 2.05) is 0 Å². The van der Waals surface area contributed by atoms with Crippen LogP contribution in [0, 0.1) is 5.82 Å². The Hall–Kier alpha value is -2.42. The second-order valence-corrected chi connectivity index (χ2v) is 8.95. The van der Waals surface area contributed by atoms with Gasteiger partial charge in [-0.1, -0.05) is 29.3 Å². The lowest BCUT2D eigenvalue weighted by molar-refractivity contribution is -0.132. The molecular weight excluding hydrogens is 462 g/mol. The van der Waals surface area contributed by atoms with Crippen LogP contribution >= 0.6 is 35.1 Å². The summed E-state index contributed by atoms with van der Waals surface area (Å²) in [6.45, 7) is 0.410. The minimum absolute atomic E-state index is 0.0424. The normalized spacial score (nSPS) is 16.6. The maximum Gasteiger partial charge on any atom is 0.254 e. The van der Waals surface area contributed by atoms with Crippen LogP contribution in [0.5, 0.6) is 0 Å². The Balaban J connectivity index is 1.49. The number of hydrogen-bond donors (Lipinski definition) is 3. The van der Waals surface area contributed by atoms with Crippen LogP contribution in [-0.4, -0.2) is 41.3 Å². The van der Waals surface area contributed by atoms with Gasteiger partial charge in [-0.3, -0.25) is 9.59 Å². The molecule has 31 heavy (non-hydrogen) atoms. The number of nitrogens with one attached hydrogen (secondary N) is 3. The number of aromatic nitrogens is 1. The molecule has 0 spiro atoms. The van der Waals surface area contributed by atoms with Crippen LogP contribution < -0.4 is 10.0 Å². The highest BCUT2D eigenvalue weighted by Gasteiger charge is 2.25. The van der Waals surface area contributed by atoms with Crippen LogP contribution in [0.2, 0.25) is 10.0 Å². The van der Waals surface area contributed by atoms with Gasteiger partial charge in [-0.25, -0.2) is 4.39 Å². The molecule has 6 nitrogen and oxygen atoms in total. The molecule has 2 amide bonds. The fourth-order valence-electron chi connectivity index (χ4n) is 3.52. The lowest BCUT2D eigenvalue weighted by Gasteiger charge is -2.30. The number of anilines is 1. The molecule has 162 valence electrons. The molecule has 2 heterocycles. The van der Waals surface area contributed by atoms with Gasteiger partial charge in [0.1, 0.15) is 0 Å². The number of benzene rings is 2. The number of likely N-dealkylation sites (tertiary alicyclic amines) is 1. The van der Waals surface area contributed by atoms with Crippen molar-refractivity contribution in [3.8, 4) is 0 Å². The highest BCUT2D eigenvalue weighted by molar-refractivity contribution is 8.00. The van der Waals surface area contributed by atoms with E-state index in [-0.39, 0.29) is 22.4 Å². The van der Waals surface area contributed by atoms with E-state index in [0.717, 1.165) is 11.9 Å². The fourth-order valence-corrected chi connectivity index (χ4v) is 4.82. The molecule has 0 bridgehead atoms. The van der Waals surface area contributed by atoms with Gasteiger partial charge in [0.15, 0.2) is 5.82 Å². The number of hydrogen-bond acceptors (Lipinski definition) is 4. The van der Waals surface area contributed by atoms with Crippen LogP contribution in [0.15, 0.2) is 41.4 Å². The number of halogens is 3. The van der Waals surface area contributed by atoms with E-state index >= 15 is 4.39 Å². The third-order valence-corrected chi connectivity index (χ3v) is 6.65. The number of amides is 2. The Labute approximate surface area is 192 Å². The lowest BCUT2D eigenvalue weighted by Crippen LogP contribution is -2.48. The number of aromatic amines is 1. The van der Waals surface area contributed by atoms with E-state index in [1.54, 1.807) is 42.4 Å². The Kier molecular flexibility index (Phi) is 6.31. The van der Waals surface area contributed by atoms with E-state index < -0.39 is 11.7 Å². The molecule has 0 radical (unpaired) electrons. The molecule has 1 aliphatic rings. The van der Waals surface area contributed by atoms with Crippen LogP contribution in [-0.2, 0) is 4.79 Å². The van der Waals surface area contributed by atoms with Crippen molar-refractivity contribution in [3.63, 3.8) is 0 Å². The van der Waals surface area contributed by atoms with Crippen molar-refractivity contribution < 1.29 is 14.0 Å². The van der Waals surface area contributed by atoms with E-state index in [1.165, 1.54) is 6.07 Å². The van der Waals surface area contributed by atoms with Gasteiger partial charge in [0.2, 0.25) is 5.91 Å². The molecule has 3 aromatic rings. The number of piperidine rings is 1. The molecule has 10 heteroatoms. The predicted molar refractivity (Wildman–Crippen MR) is 122 cm³/mol. The van der Waals surface area contributed by atoms with E-state index in [9.17, 15) is 9.59 Å². The van der Waals surface area contributed by atoms with Gasteiger partial charge in [0.25, 0.3) is 5.91 Å². The SMILES string of the molecule is CN1CC(NC(=O)c2cccc(SNc3ccc(Cl)c4c(Cl)c[nH]c34)c2F)CCC1=O. The minimum atomic E-state index is -0.618. The van der Waals surface area contributed by atoms with E-state index in [2.05, 4.69) is 15.0 Å². The number of rotatable bonds is 5. The van der Waals surface area contributed by atoms with Gasteiger partial charge >= 0.3 is 0 Å². The molecule has 1 atom stereocenters. The molecule has 0 saturated carbocycles. The standard InChI is InChI=1S/C21H19Cl2FN4O2S/c1-28-10-11(5-8-17(28)29)26-21(30)12-3-2-4-16(19(12)24)31-27-15-7-6-13(22)18-14(23)9-25-20(15)18/h2-4,6-7,9,11,25,27H,5,8,10H2,1H3,(H,26,30). The first-order chi connectivity index (χ1) is 14.8. The molecule has 0 aliphatic carbocycles. The monoisotopic (exact) mass is 480 g/mol. The fraction of sp³-hybridized carbons (Fsp3) is 0.238. The minimum Gasteiger partial charge on any atom is -0.358 e. The summed E-state index contributed by atoms with van der Waals surface area (Å²) in [5, 5.41) is 4.51. The van der Waals surface area contributed by atoms with Crippen LogP contribution in [0.4, 0.5) is 10.1 Å². The third kappa shape index (κ3) is 4.46. The smallest absolute Gasteiger partial charge is 0.254 e. The van der Waals surface area contributed by atoms with Crippen molar-refractivity contribution >= 4 is 63.6 Å². The molecule has 1 unspecified atom stereocenters. The molecular formula is C21H19Cl2FN4O2S. The summed E-state index contributed by atoms with van der Waals surface area (Å²) in [6, 6.07) is 7.92. The Bertz CT molecular complexity index is 1170. The van der Waals surface area contributed by atoms with Gasteiger partial charge in [-0.05, 0) is 42.6 Å².